The number of pyridine rings is 1. The fourth-order valence-corrected chi connectivity index (χ4v) is 4.16. The summed E-state index contributed by atoms with van der Waals surface area (Å²) in [7, 11) is 1.37. The number of alkyl carbamates (subject to hydrolysis) is 1. The smallest absolute Gasteiger partial charge is 0.407 e. The predicted octanol–water partition coefficient (Wildman–Crippen LogP) is 3.46. The van der Waals surface area contributed by atoms with Crippen molar-refractivity contribution >= 4 is 29.3 Å². The first-order chi connectivity index (χ1) is 14.5. The van der Waals surface area contributed by atoms with E-state index in [1.807, 2.05) is 37.3 Å². The maximum atomic E-state index is 12.4. The SMILES string of the molecule is COC(=O)N[C@H]1CCCC[C@H]1Nc1cc2c(c(Nc3cccc(C)c3)n1)C(=O)NC2. The predicted molar refractivity (Wildman–Crippen MR) is 115 cm³/mol. The van der Waals surface area contributed by atoms with Crippen LogP contribution in [0.4, 0.5) is 22.1 Å². The Morgan fingerprint density at radius 3 is 2.77 bits per heavy atom. The number of hydrogen-bond acceptors (Lipinski definition) is 6. The van der Waals surface area contributed by atoms with Gasteiger partial charge < -0.3 is 26.0 Å². The number of rotatable bonds is 5. The Bertz CT molecular complexity index is 962. The Morgan fingerprint density at radius 2 is 2.00 bits per heavy atom. The van der Waals surface area contributed by atoms with Crippen LogP contribution in [0.2, 0.25) is 0 Å². The Balaban J connectivity index is 1.60. The van der Waals surface area contributed by atoms with E-state index in [1.54, 1.807) is 0 Å². The highest BCUT2D eigenvalue weighted by Gasteiger charge is 2.29. The highest BCUT2D eigenvalue weighted by molar-refractivity contribution is 6.03. The van der Waals surface area contributed by atoms with Crippen molar-refractivity contribution in [2.45, 2.75) is 51.2 Å². The van der Waals surface area contributed by atoms with Gasteiger partial charge in [0.25, 0.3) is 5.91 Å². The number of hydrogen-bond donors (Lipinski definition) is 4. The normalized spacial score (nSPS) is 20.1. The minimum atomic E-state index is -0.424. The summed E-state index contributed by atoms with van der Waals surface area (Å²) in [5.41, 5.74) is 3.48. The van der Waals surface area contributed by atoms with Crippen LogP contribution < -0.4 is 21.3 Å². The van der Waals surface area contributed by atoms with Crippen molar-refractivity contribution in [2.24, 2.45) is 0 Å². The van der Waals surface area contributed by atoms with Crippen LogP contribution in [-0.4, -0.2) is 36.2 Å². The molecule has 0 unspecified atom stereocenters. The monoisotopic (exact) mass is 409 g/mol. The fourth-order valence-electron chi connectivity index (χ4n) is 4.16. The van der Waals surface area contributed by atoms with Crippen LogP contribution in [0.5, 0.6) is 0 Å². The van der Waals surface area contributed by atoms with Gasteiger partial charge in [-0.25, -0.2) is 9.78 Å². The maximum Gasteiger partial charge on any atom is 0.407 e. The highest BCUT2D eigenvalue weighted by Crippen LogP contribution is 2.30. The topological polar surface area (TPSA) is 104 Å². The van der Waals surface area contributed by atoms with E-state index >= 15 is 0 Å². The summed E-state index contributed by atoms with van der Waals surface area (Å²) in [6.07, 6.45) is 3.52. The second kappa shape index (κ2) is 8.61. The van der Waals surface area contributed by atoms with Gasteiger partial charge in [-0.2, -0.15) is 0 Å². The van der Waals surface area contributed by atoms with Crippen LogP contribution >= 0.6 is 0 Å². The molecule has 0 spiro atoms. The molecule has 4 N–H and O–H groups in total. The average molecular weight is 409 g/mol. The number of aryl methyl sites for hydroxylation is 1. The van der Waals surface area contributed by atoms with Crippen LogP contribution in [-0.2, 0) is 11.3 Å². The molecule has 1 aromatic heterocycles. The quantitative estimate of drug-likeness (QED) is 0.603. The minimum absolute atomic E-state index is 0.0332. The van der Waals surface area contributed by atoms with Gasteiger partial charge in [0.2, 0.25) is 0 Å². The van der Waals surface area contributed by atoms with E-state index in [4.69, 9.17) is 9.72 Å². The van der Waals surface area contributed by atoms with Crippen molar-refractivity contribution in [3.05, 3.63) is 47.0 Å². The van der Waals surface area contributed by atoms with Crippen LogP contribution in [0.1, 0.15) is 47.2 Å². The molecule has 158 valence electrons. The first kappa shape index (κ1) is 20.0. The van der Waals surface area contributed by atoms with E-state index in [0.717, 1.165) is 42.5 Å². The maximum absolute atomic E-state index is 12.4. The van der Waals surface area contributed by atoms with Gasteiger partial charge in [0, 0.05) is 18.3 Å². The summed E-state index contributed by atoms with van der Waals surface area (Å²) in [6.45, 7) is 2.49. The van der Waals surface area contributed by atoms with Gasteiger partial charge in [-0.05, 0) is 49.1 Å². The van der Waals surface area contributed by atoms with E-state index in [9.17, 15) is 9.59 Å². The lowest BCUT2D eigenvalue weighted by molar-refractivity contribution is 0.0966. The van der Waals surface area contributed by atoms with Crippen molar-refractivity contribution in [3.63, 3.8) is 0 Å². The van der Waals surface area contributed by atoms with Crippen LogP contribution in [0.25, 0.3) is 0 Å². The molecule has 1 saturated carbocycles. The molecule has 2 aliphatic rings. The molecule has 1 aromatic carbocycles. The second-order valence-electron chi connectivity index (χ2n) is 7.85. The van der Waals surface area contributed by atoms with E-state index in [0.29, 0.717) is 23.7 Å². The van der Waals surface area contributed by atoms with Gasteiger partial charge in [0.1, 0.15) is 11.6 Å². The molecule has 1 aliphatic heterocycles. The number of nitrogens with zero attached hydrogens (tertiary/aromatic N) is 1. The first-order valence-electron chi connectivity index (χ1n) is 10.3. The molecule has 1 fully saturated rings. The van der Waals surface area contributed by atoms with Gasteiger partial charge in [0.05, 0.1) is 18.7 Å². The molecule has 4 rings (SSSR count). The number of methoxy groups -OCH3 is 1. The van der Waals surface area contributed by atoms with E-state index in [1.165, 1.54) is 7.11 Å². The second-order valence-corrected chi connectivity index (χ2v) is 7.85. The van der Waals surface area contributed by atoms with E-state index in [-0.39, 0.29) is 18.0 Å². The van der Waals surface area contributed by atoms with Gasteiger partial charge in [-0.15, -0.1) is 0 Å². The van der Waals surface area contributed by atoms with E-state index < -0.39 is 6.09 Å². The van der Waals surface area contributed by atoms with Crippen LogP contribution in [0.3, 0.4) is 0 Å². The zero-order valence-electron chi connectivity index (χ0n) is 17.2. The zero-order valence-corrected chi connectivity index (χ0v) is 17.2. The molecule has 30 heavy (non-hydrogen) atoms. The van der Waals surface area contributed by atoms with Gasteiger partial charge >= 0.3 is 6.09 Å². The van der Waals surface area contributed by atoms with Crippen molar-refractivity contribution in [1.82, 2.24) is 15.6 Å². The van der Waals surface area contributed by atoms with Crippen molar-refractivity contribution < 1.29 is 14.3 Å². The highest BCUT2D eigenvalue weighted by atomic mass is 16.5. The Hall–Kier alpha value is -3.29. The molecule has 2 amide bonds. The number of benzene rings is 1. The largest absolute Gasteiger partial charge is 0.453 e. The summed E-state index contributed by atoms with van der Waals surface area (Å²) < 4.78 is 4.77. The number of ether oxygens (including phenoxy) is 1. The lowest BCUT2D eigenvalue weighted by Gasteiger charge is -2.32. The molecule has 0 radical (unpaired) electrons. The number of carbonyl (C=O) groups is 2. The number of amides is 2. The lowest BCUT2D eigenvalue weighted by Crippen LogP contribution is -2.48. The number of fused-ring (bicyclic) bond motifs is 1. The summed E-state index contributed by atoms with van der Waals surface area (Å²) >= 11 is 0. The van der Waals surface area contributed by atoms with Gasteiger partial charge in [0.15, 0.2) is 0 Å². The summed E-state index contributed by atoms with van der Waals surface area (Å²) in [5, 5.41) is 12.6. The fraction of sp³-hybridized carbons (Fsp3) is 0.409. The molecule has 1 aliphatic carbocycles. The number of aromatic nitrogens is 1. The van der Waals surface area contributed by atoms with Crippen molar-refractivity contribution in [2.75, 3.05) is 17.7 Å². The van der Waals surface area contributed by atoms with Crippen LogP contribution in [0.15, 0.2) is 30.3 Å². The molecular formula is C22H27N5O3. The Morgan fingerprint density at radius 1 is 1.20 bits per heavy atom. The van der Waals surface area contributed by atoms with Gasteiger partial charge in [-0.3, -0.25) is 4.79 Å². The molecule has 0 bridgehead atoms. The van der Waals surface area contributed by atoms with E-state index in [2.05, 4.69) is 21.3 Å². The van der Waals surface area contributed by atoms with Crippen LogP contribution in [0, 0.1) is 6.92 Å². The number of anilines is 3. The third-order valence-electron chi connectivity index (χ3n) is 5.64. The van der Waals surface area contributed by atoms with Crippen molar-refractivity contribution in [1.29, 1.82) is 0 Å². The standard InChI is InChI=1S/C22H27N5O3/c1-13-6-5-7-15(10-13)24-20-19-14(12-23-21(19)28)11-18(27-20)25-16-8-3-4-9-17(16)26-22(29)30-2/h5-7,10-11,16-17H,3-4,8-9,12H2,1-2H3,(H,23,28)(H,26,29)(H2,24,25,27)/t16-,17+/m1/s1. The number of carbonyl (C=O) groups excluding carboxylic acids is 2. The minimum Gasteiger partial charge on any atom is -0.453 e. The Labute approximate surface area is 175 Å². The van der Waals surface area contributed by atoms with Gasteiger partial charge in [-0.1, -0.05) is 25.0 Å². The summed E-state index contributed by atoms with van der Waals surface area (Å²) in [5.74, 6) is 1.09. The molecule has 8 nitrogen and oxygen atoms in total. The molecule has 2 aromatic rings. The third-order valence-corrected chi connectivity index (χ3v) is 5.64. The van der Waals surface area contributed by atoms with Crippen molar-refractivity contribution in [3.8, 4) is 0 Å². The third kappa shape index (κ3) is 4.32. The molecule has 8 heteroatoms. The lowest BCUT2D eigenvalue weighted by atomic mass is 9.90. The molecule has 2 atom stereocenters. The Kier molecular flexibility index (Phi) is 5.74. The summed E-state index contributed by atoms with van der Waals surface area (Å²) in [4.78, 5) is 28.8. The summed E-state index contributed by atoms with van der Waals surface area (Å²) in [6, 6.07) is 9.87. The number of nitrogens with one attached hydrogen (secondary N) is 4. The first-order valence-corrected chi connectivity index (χ1v) is 10.3. The zero-order chi connectivity index (χ0) is 21.1. The molecular weight excluding hydrogens is 382 g/mol. The average Bonchev–Trinajstić information content (AvgIpc) is 3.10. The molecule has 0 saturated heterocycles. The molecule has 2 heterocycles.